The number of alkyl halides is 3. The van der Waals surface area contributed by atoms with Crippen molar-refractivity contribution in [1.82, 2.24) is 15.2 Å². The molecule has 0 spiro atoms. The molecule has 0 fully saturated rings. The number of rotatable bonds is 3. The second kappa shape index (κ2) is 5.47. The quantitative estimate of drug-likeness (QED) is 0.738. The van der Waals surface area contributed by atoms with Crippen molar-refractivity contribution in [2.75, 3.05) is 0 Å². The van der Waals surface area contributed by atoms with Crippen LogP contribution in [0.1, 0.15) is 0 Å². The summed E-state index contributed by atoms with van der Waals surface area (Å²) in [6, 6.07) is 8.93. The monoisotopic (exact) mass is 307 g/mol. The first-order valence-electron chi connectivity index (χ1n) is 6.12. The molecule has 0 atom stereocenters. The number of hydrogen-bond acceptors (Lipinski definition) is 5. The third-order valence-electron chi connectivity index (χ3n) is 2.68. The van der Waals surface area contributed by atoms with E-state index in [0.29, 0.717) is 5.56 Å². The number of pyridine rings is 1. The molecule has 0 aliphatic heterocycles. The van der Waals surface area contributed by atoms with Gasteiger partial charge < -0.3 is 9.15 Å². The molecule has 0 amide bonds. The lowest BCUT2D eigenvalue weighted by Gasteiger charge is -2.10. The lowest BCUT2D eigenvalue weighted by atomic mass is 10.2. The number of halogens is 3. The van der Waals surface area contributed by atoms with E-state index in [2.05, 4.69) is 19.9 Å². The summed E-state index contributed by atoms with van der Waals surface area (Å²) in [7, 11) is 0. The highest BCUT2D eigenvalue weighted by Gasteiger charge is 2.32. The third-order valence-corrected chi connectivity index (χ3v) is 2.68. The Morgan fingerprint density at radius 3 is 2.45 bits per heavy atom. The molecule has 1 aromatic carbocycles. The van der Waals surface area contributed by atoms with E-state index in [1.165, 1.54) is 24.4 Å². The first-order valence-corrected chi connectivity index (χ1v) is 6.12. The Bertz CT molecular complexity index is 772. The van der Waals surface area contributed by atoms with Crippen molar-refractivity contribution in [3.05, 3.63) is 48.8 Å². The highest BCUT2D eigenvalue weighted by molar-refractivity contribution is 5.64. The zero-order valence-electron chi connectivity index (χ0n) is 10.9. The zero-order chi connectivity index (χ0) is 15.6. The van der Waals surface area contributed by atoms with Crippen molar-refractivity contribution in [3.8, 4) is 28.7 Å². The molecule has 0 unspecified atom stereocenters. The molecular formula is C14H8F3N3O2. The van der Waals surface area contributed by atoms with Crippen molar-refractivity contribution in [2.45, 2.75) is 6.36 Å². The van der Waals surface area contributed by atoms with Crippen LogP contribution in [0.5, 0.6) is 5.75 Å². The number of hydrogen-bond donors (Lipinski definition) is 0. The highest BCUT2D eigenvalue weighted by Crippen LogP contribution is 2.33. The van der Waals surface area contributed by atoms with E-state index in [-0.39, 0.29) is 17.3 Å². The maximum absolute atomic E-state index is 12.4. The standard InChI is InChI=1S/C14H8F3N3O2/c15-14(16,17)22-11-6-2-1-5-10(11)13-20-19-12(21-13)9-4-3-7-18-8-9/h1-8H. The second-order valence-corrected chi connectivity index (χ2v) is 4.20. The van der Waals surface area contributed by atoms with Crippen LogP contribution in [0.25, 0.3) is 22.9 Å². The van der Waals surface area contributed by atoms with Gasteiger partial charge in [-0.05, 0) is 24.3 Å². The van der Waals surface area contributed by atoms with Crippen LogP contribution >= 0.6 is 0 Å². The molecule has 8 heteroatoms. The van der Waals surface area contributed by atoms with Crippen molar-refractivity contribution >= 4 is 0 Å². The summed E-state index contributed by atoms with van der Waals surface area (Å²) in [6.45, 7) is 0. The number of para-hydroxylation sites is 1. The van der Waals surface area contributed by atoms with Crippen LogP contribution in [-0.2, 0) is 0 Å². The molecule has 2 heterocycles. The van der Waals surface area contributed by atoms with Gasteiger partial charge in [-0.3, -0.25) is 4.98 Å². The fourth-order valence-electron chi connectivity index (χ4n) is 1.79. The van der Waals surface area contributed by atoms with Crippen LogP contribution in [0, 0.1) is 0 Å². The molecular weight excluding hydrogens is 299 g/mol. The molecule has 0 saturated carbocycles. The van der Waals surface area contributed by atoms with E-state index in [9.17, 15) is 13.2 Å². The van der Waals surface area contributed by atoms with Gasteiger partial charge in [-0.1, -0.05) is 12.1 Å². The molecule has 0 N–H and O–H groups in total. The van der Waals surface area contributed by atoms with Gasteiger partial charge in [0.15, 0.2) is 0 Å². The van der Waals surface area contributed by atoms with Crippen molar-refractivity contribution < 1.29 is 22.3 Å². The topological polar surface area (TPSA) is 61.0 Å². The van der Waals surface area contributed by atoms with Gasteiger partial charge in [0.1, 0.15) is 5.75 Å². The number of ether oxygens (including phenoxy) is 1. The van der Waals surface area contributed by atoms with Gasteiger partial charge in [-0.2, -0.15) is 0 Å². The Morgan fingerprint density at radius 1 is 0.955 bits per heavy atom. The Morgan fingerprint density at radius 2 is 1.73 bits per heavy atom. The van der Waals surface area contributed by atoms with Gasteiger partial charge in [-0.25, -0.2) is 0 Å². The molecule has 0 bridgehead atoms. The molecule has 3 aromatic rings. The van der Waals surface area contributed by atoms with Gasteiger partial charge in [0.2, 0.25) is 5.89 Å². The zero-order valence-corrected chi connectivity index (χ0v) is 10.9. The van der Waals surface area contributed by atoms with Crippen LogP contribution in [0.2, 0.25) is 0 Å². The molecule has 0 saturated heterocycles. The second-order valence-electron chi connectivity index (χ2n) is 4.20. The lowest BCUT2D eigenvalue weighted by molar-refractivity contribution is -0.274. The van der Waals surface area contributed by atoms with Crippen LogP contribution in [-0.4, -0.2) is 21.5 Å². The van der Waals surface area contributed by atoms with Crippen LogP contribution < -0.4 is 4.74 Å². The summed E-state index contributed by atoms with van der Waals surface area (Å²) in [4.78, 5) is 3.91. The van der Waals surface area contributed by atoms with E-state index in [1.807, 2.05) is 0 Å². The fourth-order valence-corrected chi connectivity index (χ4v) is 1.79. The summed E-state index contributed by atoms with van der Waals surface area (Å²) in [5.41, 5.74) is 0.623. The van der Waals surface area contributed by atoms with Gasteiger partial charge >= 0.3 is 6.36 Å². The van der Waals surface area contributed by atoms with Crippen LogP contribution in [0.3, 0.4) is 0 Å². The molecule has 0 aliphatic carbocycles. The Kier molecular flexibility index (Phi) is 3.50. The van der Waals surface area contributed by atoms with Gasteiger partial charge in [0.25, 0.3) is 5.89 Å². The largest absolute Gasteiger partial charge is 0.573 e. The maximum Gasteiger partial charge on any atom is 0.573 e. The Hall–Kier alpha value is -2.90. The minimum absolute atomic E-state index is 0.0578. The van der Waals surface area contributed by atoms with Crippen molar-refractivity contribution in [1.29, 1.82) is 0 Å². The predicted molar refractivity (Wildman–Crippen MR) is 69.6 cm³/mol. The lowest BCUT2D eigenvalue weighted by Crippen LogP contribution is -2.17. The first-order chi connectivity index (χ1) is 10.5. The number of aromatic nitrogens is 3. The Labute approximate surface area is 122 Å². The smallest absolute Gasteiger partial charge is 0.416 e. The summed E-state index contributed by atoms with van der Waals surface area (Å²) >= 11 is 0. The van der Waals surface area contributed by atoms with Crippen molar-refractivity contribution in [2.24, 2.45) is 0 Å². The van der Waals surface area contributed by atoms with E-state index in [0.717, 1.165) is 0 Å². The SMILES string of the molecule is FC(F)(F)Oc1ccccc1-c1nnc(-c2cccnc2)o1. The van der Waals surface area contributed by atoms with E-state index < -0.39 is 12.1 Å². The van der Waals surface area contributed by atoms with E-state index in [4.69, 9.17) is 4.42 Å². The predicted octanol–water partition coefficient (Wildman–Crippen LogP) is 3.70. The molecule has 2 aromatic heterocycles. The summed E-state index contributed by atoms with van der Waals surface area (Å²) in [5, 5.41) is 7.57. The van der Waals surface area contributed by atoms with Crippen LogP contribution in [0.15, 0.2) is 53.2 Å². The average Bonchev–Trinajstić information content (AvgIpc) is 2.97. The minimum Gasteiger partial charge on any atom is -0.416 e. The van der Waals surface area contributed by atoms with Gasteiger partial charge in [0.05, 0.1) is 11.1 Å². The van der Waals surface area contributed by atoms with E-state index >= 15 is 0 Å². The molecule has 0 radical (unpaired) electrons. The van der Waals surface area contributed by atoms with Gasteiger partial charge in [0, 0.05) is 12.4 Å². The normalized spacial score (nSPS) is 11.4. The molecule has 0 aliphatic rings. The average molecular weight is 307 g/mol. The number of benzene rings is 1. The summed E-state index contributed by atoms with van der Waals surface area (Å²) in [6.07, 6.45) is -1.72. The number of nitrogens with zero attached hydrogens (tertiary/aromatic N) is 3. The first kappa shape index (κ1) is 14.1. The molecule has 22 heavy (non-hydrogen) atoms. The minimum atomic E-state index is -4.80. The maximum atomic E-state index is 12.4. The highest BCUT2D eigenvalue weighted by atomic mass is 19.4. The fraction of sp³-hybridized carbons (Fsp3) is 0.0714. The van der Waals surface area contributed by atoms with E-state index in [1.54, 1.807) is 24.4 Å². The van der Waals surface area contributed by atoms with Gasteiger partial charge in [-0.15, -0.1) is 23.4 Å². The summed E-state index contributed by atoms with van der Waals surface area (Å²) < 4.78 is 46.6. The van der Waals surface area contributed by atoms with Crippen molar-refractivity contribution in [3.63, 3.8) is 0 Å². The van der Waals surface area contributed by atoms with Crippen LogP contribution in [0.4, 0.5) is 13.2 Å². The molecule has 5 nitrogen and oxygen atoms in total. The Balaban J connectivity index is 1.97. The summed E-state index contributed by atoms with van der Waals surface area (Å²) in [5.74, 6) is -0.319. The third kappa shape index (κ3) is 3.05. The molecule has 112 valence electrons. The molecule has 3 rings (SSSR count).